The molecular formula is C14H8O2. The fourth-order valence-corrected chi connectivity index (χ4v) is 8.90. The first-order valence-corrected chi connectivity index (χ1v) is 6.14. The van der Waals surface area contributed by atoms with Gasteiger partial charge < -0.3 is 9.47 Å². The summed E-state index contributed by atoms with van der Waals surface area (Å²) < 4.78 is 11.3. The lowest BCUT2D eigenvalue weighted by molar-refractivity contribution is 0.141. The molecule has 2 heteroatoms. The molecule has 0 aromatic heterocycles. The van der Waals surface area contributed by atoms with Crippen molar-refractivity contribution in [1.82, 2.24) is 0 Å². The molecule has 0 radical (unpaired) electrons. The Bertz CT molecular complexity index is 686. The molecule has 6 saturated carbocycles. The number of benzene rings is 1. The SMILES string of the molecule is COc1c2ccc(c1OC)C13C45C26C12C64C352. The molecule has 11 rings (SSSR count). The smallest absolute Gasteiger partial charge is 0.164 e. The van der Waals surface area contributed by atoms with Crippen molar-refractivity contribution >= 4 is 0 Å². The average molecular weight is 208 g/mol. The molecule has 2 nitrogen and oxygen atoms in total. The standard InChI is InChI=1S/C14H8O2/c1-15-7-5-3-4-6(8(7)16-2)10-11-9(5)12(10)13(9,11)14(10,11)12/h3-4H,1-2H3. The van der Waals surface area contributed by atoms with Gasteiger partial charge in [-0.3, -0.25) is 0 Å². The first-order chi connectivity index (χ1) is 7.87. The van der Waals surface area contributed by atoms with Crippen LogP contribution in [0.15, 0.2) is 12.1 Å². The van der Waals surface area contributed by atoms with Crippen molar-refractivity contribution in [3.8, 4) is 11.5 Å². The second-order valence-corrected chi connectivity index (χ2v) is 6.73. The highest BCUT2D eigenvalue weighted by Crippen LogP contribution is 3.77. The molecule has 10 aliphatic rings. The van der Waals surface area contributed by atoms with E-state index in [1.54, 1.807) is 14.2 Å². The Kier molecular flexibility index (Phi) is 0.327. The Morgan fingerprint density at radius 2 is 1.19 bits per heavy atom. The van der Waals surface area contributed by atoms with Crippen LogP contribution in [-0.2, 0) is 10.8 Å². The van der Waals surface area contributed by atoms with Gasteiger partial charge in [-0.15, -0.1) is 0 Å². The van der Waals surface area contributed by atoms with Crippen molar-refractivity contribution in [3.05, 3.63) is 23.3 Å². The quantitative estimate of drug-likeness (QED) is 0.727. The van der Waals surface area contributed by atoms with Crippen LogP contribution in [0.5, 0.6) is 11.5 Å². The van der Waals surface area contributed by atoms with E-state index in [0.717, 1.165) is 33.2 Å². The summed E-state index contributed by atoms with van der Waals surface area (Å²) in [6, 6.07) is 4.65. The minimum absolute atomic E-state index is 0.636. The van der Waals surface area contributed by atoms with Crippen LogP contribution in [0.2, 0.25) is 0 Å². The topological polar surface area (TPSA) is 18.5 Å². The van der Waals surface area contributed by atoms with Crippen LogP contribution in [0.25, 0.3) is 0 Å². The van der Waals surface area contributed by atoms with Crippen molar-refractivity contribution in [2.75, 3.05) is 14.2 Å². The molecule has 1 aromatic carbocycles. The van der Waals surface area contributed by atoms with Crippen molar-refractivity contribution in [1.29, 1.82) is 0 Å². The minimum atomic E-state index is 0.636. The lowest BCUT2D eigenvalue weighted by Crippen LogP contribution is -2.43. The summed E-state index contributed by atoms with van der Waals surface area (Å²) in [6.07, 6.45) is 0. The summed E-state index contributed by atoms with van der Waals surface area (Å²) >= 11 is 0. The third-order valence-electron chi connectivity index (χ3n) is 8.14. The number of hydrogen-bond acceptors (Lipinski definition) is 2. The predicted molar refractivity (Wildman–Crippen MR) is 52.6 cm³/mol. The van der Waals surface area contributed by atoms with E-state index in [4.69, 9.17) is 9.47 Å². The maximum absolute atomic E-state index is 5.63. The van der Waals surface area contributed by atoms with Crippen molar-refractivity contribution < 1.29 is 9.47 Å². The number of ether oxygens (including phenoxy) is 2. The maximum Gasteiger partial charge on any atom is 0.164 e. The van der Waals surface area contributed by atoms with Gasteiger partial charge in [0.1, 0.15) is 0 Å². The lowest BCUT2D eigenvalue weighted by atomic mass is 9.60. The summed E-state index contributed by atoms with van der Waals surface area (Å²) in [5.74, 6) is 2.11. The van der Waals surface area contributed by atoms with E-state index in [2.05, 4.69) is 12.1 Å². The lowest BCUT2D eigenvalue weighted by Gasteiger charge is -2.40. The highest BCUT2D eigenvalue weighted by molar-refractivity contribution is 6.32. The Morgan fingerprint density at radius 1 is 0.750 bits per heavy atom. The van der Waals surface area contributed by atoms with E-state index < -0.39 is 0 Å². The van der Waals surface area contributed by atoms with Crippen molar-refractivity contribution in [2.45, 2.75) is 10.8 Å². The normalized spacial score (nSPS) is 78.9. The molecule has 0 aliphatic heterocycles. The molecule has 6 fully saturated rings. The second-order valence-electron chi connectivity index (χ2n) is 6.73. The van der Waals surface area contributed by atoms with Gasteiger partial charge in [-0.25, -0.2) is 0 Å². The van der Waals surface area contributed by atoms with Crippen LogP contribution in [0, 0.1) is 21.7 Å². The summed E-state index contributed by atoms with van der Waals surface area (Å²) in [4.78, 5) is 0. The number of rotatable bonds is 2. The molecule has 0 saturated heterocycles. The molecule has 4 bridgehead atoms. The van der Waals surface area contributed by atoms with Gasteiger partial charge in [-0.1, -0.05) is 12.1 Å². The molecule has 0 unspecified atom stereocenters. The molecule has 0 atom stereocenters. The fourth-order valence-electron chi connectivity index (χ4n) is 8.90. The summed E-state index contributed by atoms with van der Waals surface area (Å²) in [7, 11) is 3.57. The Morgan fingerprint density at radius 3 is 1.56 bits per heavy atom. The molecular weight excluding hydrogens is 200 g/mol. The Hall–Kier alpha value is -1.18. The zero-order chi connectivity index (χ0) is 10.1. The van der Waals surface area contributed by atoms with Crippen LogP contribution < -0.4 is 9.47 Å². The third kappa shape index (κ3) is 0.127. The van der Waals surface area contributed by atoms with Gasteiger partial charge in [0.2, 0.25) is 0 Å². The predicted octanol–water partition coefficient (Wildman–Crippen LogP) is 1.22. The monoisotopic (exact) mass is 208 g/mol. The van der Waals surface area contributed by atoms with Crippen molar-refractivity contribution in [2.24, 2.45) is 21.7 Å². The first kappa shape index (κ1) is 5.95. The van der Waals surface area contributed by atoms with E-state index in [9.17, 15) is 0 Å². The zero-order valence-corrected chi connectivity index (χ0v) is 8.97. The molecule has 1 aromatic rings. The molecule has 16 heavy (non-hydrogen) atoms. The van der Waals surface area contributed by atoms with Gasteiger partial charge in [0.25, 0.3) is 0 Å². The van der Waals surface area contributed by atoms with E-state index >= 15 is 0 Å². The van der Waals surface area contributed by atoms with Crippen LogP contribution in [0.1, 0.15) is 11.1 Å². The molecule has 0 N–H and O–H groups in total. The van der Waals surface area contributed by atoms with E-state index in [-0.39, 0.29) is 0 Å². The van der Waals surface area contributed by atoms with Gasteiger partial charge >= 0.3 is 0 Å². The van der Waals surface area contributed by atoms with E-state index in [0.29, 0.717) is 10.8 Å². The van der Waals surface area contributed by atoms with Crippen molar-refractivity contribution in [3.63, 3.8) is 0 Å². The highest BCUT2D eigenvalue weighted by Gasteiger charge is 3.80. The van der Waals surface area contributed by atoms with Crippen LogP contribution in [-0.4, -0.2) is 14.2 Å². The van der Waals surface area contributed by atoms with Gasteiger partial charge in [0, 0.05) is 43.6 Å². The second kappa shape index (κ2) is 0.879. The van der Waals surface area contributed by atoms with Crippen LogP contribution >= 0.6 is 0 Å². The van der Waals surface area contributed by atoms with Gasteiger partial charge in [0.15, 0.2) is 11.5 Å². The highest BCUT2D eigenvalue weighted by atomic mass is 16.5. The van der Waals surface area contributed by atoms with Gasteiger partial charge in [0.05, 0.1) is 14.2 Å². The van der Waals surface area contributed by atoms with Crippen LogP contribution in [0.3, 0.4) is 0 Å². The molecule has 0 heterocycles. The first-order valence-electron chi connectivity index (χ1n) is 6.14. The minimum Gasteiger partial charge on any atom is -0.493 e. The molecule has 76 valence electrons. The molecule has 10 aliphatic carbocycles. The third-order valence-corrected chi connectivity index (χ3v) is 8.14. The maximum atomic E-state index is 5.63. The fraction of sp³-hybridized carbons (Fsp3) is 0.571. The summed E-state index contributed by atoms with van der Waals surface area (Å²) in [6.45, 7) is 0. The number of methoxy groups -OCH3 is 2. The largest absolute Gasteiger partial charge is 0.493 e. The van der Waals surface area contributed by atoms with E-state index in [1.165, 1.54) is 11.1 Å². The van der Waals surface area contributed by atoms with Gasteiger partial charge in [-0.2, -0.15) is 0 Å². The number of hydrogen-bond donors (Lipinski definition) is 0. The Balaban J connectivity index is 1.68. The summed E-state index contributed by atoms with van der Waals surface area (Å²) in [5, 5.41) is 0. The van der Waals surface area contributed by atoms with Crippen LogP contribution in [0.4, 0.5) is 0 Å². The molecule has 0 amide bonds. The Labute approximate surface area is 91.5 Å². The van der Waals surface area contributed by atoms with Gasteiger partial charge in [-0.05, 0) is 0 Å². The molecule has 6 spiro atoms. The average Bonchev–Trinajstić information content (AvgIpc) is 3.07. The zero-order valence-electron chi connectivity index (χ0n) is 8.97. The van der Waals surface area contributed by atoms with E-state index in [1.807, 2.05) is 0 Å². The summed E-state index contributed by atoms with van der Waals surface area (Å²) in [5.41, 5.74) is 7.57.